The number of rotatable bonds is 13. The van der Waals surface area contributed by atoms with E-state index in [-0.39, 0.29) is 12.0 Å². The number of likely N-dealkylation sites (N-methyl/N-ethyl adjacent to an activating group) is 1. The molecular weight excluding hydrogens is 638 g/mol. The Kier molecular flexibility index (Phi) is 11.2. The number of hydrogen-bond acceptors (Lipinski definition) is 4. The van der Waals surface area contributed by atoms with Crippen molar-refractivity contribution in [2.75, 3.05) is 20.2 Å². The third kappa shape index (κ3) is 8.29. The van der Waals surface area contributed by atoms with E-state index in [1.54, 1.807) is 24.3 Å². The van der Waals surface area contributed by atoms with Gasteiger partial charge in [0.15, 0.2) is 0 Å². The molecule has 1 N–H and O–H groups in total. The number of alkyl halides is 3. The fourth-order valence-electron chi connectivity index (χ4n) is 5.55. The Bertz CT molecular complexity index is 1600. The second kappa shape index (κ2) is 14.7. The Morgan fingerprint density at radius 3 is 1.91 bits per heavy atom. The van der Waals surface area contributed by atoms with Gasteiger partial charge in [-0.2, -0.15) is 13.2 Å². The summed E-state index contributed by atoms with van der Waals surface area (Å²) >= 11 is 12.3. The van der Waals surface area contributed by atoms with Crippen LogP contribution < -0.4 is 4.74 Å². The second-order valence-electron chi connectivity index (χ2n) is 11.4. The van der Waals surface area contributed by atoms with Crippen LogP contribution >= 0.6 is 23.2 Å². The topological polar surface area (TPSA) is 66.8 Å². The Hall–Kier alpha value is -3.85. The summed E-state index contributed by atoms with van der Waals surface area (Å²) in [6.45, 7) is 4.45. The number of ether oxygens (including phenoxy) is 1. The van der Waals surface area contributed by atoms with E-state index in [0.29, 0.717) is 40.1 Å². The van der Waals surface area contributed by atoms with Gasteiger partial charge < -0.3 is 9.84 Å². The molecule has 4 aromatic rings. The van der Waals surface area contributed by atoms with E-state index in [1.807, 2.05) is 55.6 Å². The van der Waals surface area contributed by atoms with Gasteiger partial charge in [-0.3, -0.25) is 9.69 Å². The van der Waals surface area contributed by atoms with Gasteiger partial charge in [-0.25, -0.2) is 4.79 Å². The van der Waals surface area contributed by atoms with Crippen molar-refractivity contribution < 1.29 is 32.6 Å². The van der Waals surface area contributed by atoms with Gasteiger partial charge in [0.1, 0.15) is 12.4 Å². The van der Waals surface area contributed by atoms with E-state index in [4.69, 9.17) is 27.9 Å². The highest BCUT2D eigenvalue weighted by Crippen LogP contribution is 2.37. The number of nitrogens with zero attached hydrogens (tertiary/aromatic N) is 1. The van der Waals surface area contributed by atoms with Crippen LogP contribution in [0.3, 0.4) is 0 Å². The molecule has 2 atom stereocenters. The fraction of sp³-hybridized carbons (Fsp3) is 0.278. The molecule has 46 heavy (non-hydrogen) atoms. The number of carboxylic acid groups (broad SMARTS) is 1. The quantitative estimate of drug-likeness (QED) is 0.154. The summed E-state index contributed by atoms with van der Waals surface area (Å²) < 4.78 is 46.8. The minimum Gasteiger partial charge on any atom is -0.492 e. The maximum absolute atomic E-state index is 13.6. The van der Waals surface area contributed by atoms with Crippen LogP contribution in [-0.4, -0.2) is 48.1 Å². The zero-order chi connectivity index (χ0) is 33.6. The molecule has 0 fully saturated rings. The van der Waals surface area contributed by atoms with Crippen molar-refractivity contribution in [2.45, 2.75) is 37.9 Å². The molecule has 242 valence electrons. The van der Waals surface area contributed by atoms with Crippen LogP contribution in [0.4, 0.5) is 13.2 Å². The molecule has 0 saturated heterocycles. The van der Waals surface area contributed by atoms with Crippen LogP contribution in [0.1, 0.15) is 52.4 Å². The monoisotopic (exact) mass is 671 g/mol. The van der Waals surface area contributed by atoms with Crippen molar-refractivity contribution in [3.63, 3.8) is 0 Å². The largest absolute Gasteiger partial charge is 0.492 e. The summed E-state index contributed by atoms with van der Waals surface area (Å²) in [6, 6.07) is 27.6. The smallest absolute Gasteiger partial charge is 0.450 e. The zero-order valence-corrected chi connectivity index (χ0v) is 27.0. The summed E-state index contributed by atoms with van der Waals surface area (Å²) in [4.78, 5) is 26.1. The maximum Gasteiger partial charge on any atom is 0.450 e. The Morgan fingerprint density at radius 1 is 0.870 bits per heavy atom. The molecule has 0 bridgehead atoms. The second-order valence-corrected chi connectivity index (χ2v) is 12.3. The van der Waals surface area contributed by atoms with E-state index in [1.165, 1.54) is 31.2 Å². The van der Waals surface area contributed by atoms with Crippen molar-refractivity contribution in [1.82, 2.24) is 4.90 Å². The van der Waals surface area contributed by atoms with Gasteiger partial charge in [0.05, 0.1) is 11.1 Å². The van der Waals surface area contributed by atoms with Crippen LogP contribution in [0.15, 0.2) is 97.1 Å². The first-order valence-corrected chi connectivity index (χ1v) is 15.3. The van der Waals surface area contributed by atoms with E-state index < -0.39 is 35.3 Å². The van der Waals surface area contributed by atoms with Crippen molar-refractivity contribution in [3.05, 3.63) is 135 Å². The summed E-state index contributed by atoms with van der Waals surface area (Å²) in [7, 11) is 1.99. The van der Waals surface area contributed by atoms with Crippen LogP contribution in [0.25, 0.3) is 0 Å². The molecule has 4 rings (SSSR count). The van der Waals surface area contributed by atoms with Crippen LogP contribution in [0, 0.1) is 5.92 Å². The predicted octanol–water partition coefficient (Wildman–Crippen LogP) is 9.06. The first-order valence-electron chi connectivity index (χ1n) is 14.6. The summed E-state index contributed by atoms with van der Waals surface area (Å²) in [5, 5.41) is 10.6. The average molecular weight is 673 g/mol. The van der Waals surface area contributed by atoms with Crippen molar-refractivity contribution in [2.24, 2.45) is 5.92 Å². The summed E-state index contributed by atoms with van der Waals surface area (Å²) in [6.07, 6.45) is -5.22. The lowest BCUT2D eigenvalue weighted by molar-refractivity contribution is -0.176. The average Bonchev–Trinajstić information content (AvgIpc) is 3.03. The molecule has 2 unspecified atom stereocenters. The number of Topliss-reactive ketones (excluding diaryl/α,β-unsaturated/α-hetero) is 1. The van der Waals surface area contributed by atoms with Gasteiger partial charge in [-0.15, -0.1) is 0 Å². The molecular formula is C36H34Cl2F3NO4. The maximum atomic E-state index is 13.6. The molecule has 5 nitrogen and oxygen atoms in total. The van der Waals surface area contributed by atoms with E-state index >= 15 is 0 Å². The number of carbonyl (C=O) groups excluding carboxylic acids is 1. The van der Waals surface area contributed by atoms with Crippen molar-refractivity contribution in [3.8, 4) is 5.75 Å². The minimum atomic E-state index is -5.04. The lowest BCUT2D eigenvalue weighted by atomic mass is 9.80. The SMILES string of the molecule is CC(c1cccc(C(=O)O)c1)C(Cc1ccc(OCCN(C)C(C)(c2ccc(Cl)cc2)c2ccc(Cl)cc2)cc1)C(=O)C(F)(F)F. The fourth-order valence-corrected chi connectivity index (χ4v) is 5.80. The number of halogens is 5. The van der Waals surface area contributed by atoms with Gasteiger partial charge in [0.25, 0.3) is 0 Å². The minimum absolute atomic E-state index is 0.0589. The molecule has 0 aliphatic heterocycles. The van der Waals surface area contributed by atoms with Crippen LogP contribution in [-0.2, 0) is 16.8 Å². The van der Waals surface area contributed by atoms with Gasteiger partial charge >= 0.3 is 12.1 Å². The molecule has 0 spiro atoms. The third-order valence-electron chi connectivity index (χ3n) is 8.53. The number of benzene rings is 4. The first-order chi connectivity index (χ1) is 21.7. The van der Waals surface area contributed by atoms with Crippen molar-refractivity contribution >= 4 is 35.0 Å². The van der Waals surface area contributed by atoms with Crippen LogP contribution in [0.5, 0.6) is 5.75 Å². The molecule has 0 aromatic heterocycles. The highest BCUT2D eigenvalue weighted by atomic mass is 35.5. The van der Waals surface area contributed by atoms with E-state index in [2.05, 4.69) is 11.8 Å². The van der Waals surface area contributed by atoms with E-state index in [0.717, 1.165) is 11.1 Å². The number of hydrogen-bond donors (Lipinski definition) is 1. The number of carboxylic acids is 1. The van der Waals surface area contributed by atoms with E-state index in [9.17, 15) is 27.9 Å². The summed E-state index contributed by atoms with van der Waals surface area (Å²) in [5.74, 6) is -4.85. The van der Waals surface area contributed by atoms with Crippen LogP contribution in [0.2, 0.25) is 10.0 Å². The molecule has 0 radical (unpaired) electrons. The normalized spacial score (nSPS) is 13.3. The summed E-state index contributed by atoms with van der Waals surface area (Å²) in [5.41, 5.74) is 2.32. The molecule has 0 aliphatic carbocycles. The van der Waals surface area contributed by atoms with Gasteiger partial charge in [-0.05, 0) is 97.1 Å². The number of ketones is 1. The Balaban J connectivity index is 1.46. The molecule has 0 saturated carbocycles. The highest BCUT2D eigenvalue weighted by molar-refractivity contribution is 6.30. The number of carbonyl (C=O) groups is 2. The predicted molar refractivity (Wildman–Crippen MR) is 174 cm³/mol. The zero-order valence-electron chi connectivity index (χ0n) is 25.5. The molecule has 0 amide bonds. The third-order valence-corrected chi connectivity index (χ3v) is 9.03. The van der Waals surface area contributed by atoms with Gasteiger partial charge in [-0.1, -0.05) is 78.7 Å². The van der Waals surface area contributed by atoms with Crippen molar-refractivity contribution in [1.29, 1.82) is 0 Å². The number of aromatic carboxylic acids is 1. The Labute approximate surface area is 276 Å². The molecule has 0 aliphatic rings. The lowest BCUT2D eigenvalue weighted by Gasteiger charge is -2.40. The van der Waals surface area contributed by atoms with Gasteiger partial charge in [0, 0.05) is 22.5 Å². The van der Waals surface area contributed by atoms with Gasteiger partial charge in [0.2, 0.25) is 5.78 Å². The molecule has 10 heteroatoms. The molecule has 4 aromatic carbocycles. The Morgan fingerprint density at radius 2 is 1.41 bits per heavy atom. The standard InChI is InChI=1S/C36H34Cl2F3NO4/c1-23(25-5-4-6-26(22-25)34(44)45)32(33(43)36(39,40)41)21-24-7-17-31(18-8-24)46-20-19-42(3)35(2,27-9-13-29(37)14-10-27)28-11-15-30(38)16-12-28/h4-18,22-23,32H,19-21H2,1-3H3,(H,44,45). The highest BCUT2D eigenvalue weighted by Gasteiger charge is 2.45. The lowest BCUT2D eigenvalue weighted by Crippen LogP contribution is -2.44. The molecule has 0 heterocycles. The first kappa shape index (κ1) is 35.0.